The van der Waals surface area contributed by atoms with Crippen molar-refractivity contribution in [3.8, 4) is 11.8 Å². The van der Waals surface area contributed by atoms with E-state index in [1.165, 1.54) is 17.1 Å². The van der Waals surface area contributed by atoms with Crippen LogP contribution in [0.2, 0.25) is 0 Å². The van der Waals surface area contributed by atoms with Crippen molar-refractivity contribution in [2.75, 3.05) is 18.1 Å². The molecule has 24 heavy (non-hydrogen) atoms. The van der Waals surface area contributed by atoms with Crippen LogP contribution in [0, 0.1) is 23.2 Å². The highest BCUT2D eigenvalue weighted by molar-refractivity contribution is 8.16. The van der Waals surface area contributed by atoms with Gasteiger partial charge in [0.2, 0.25) is 0 Å². The van der Waals surface area contributed by atoms with E-state index in [2.05, 4.69) is 68.3 Å². The van der Waals surface area contributed by atoms with Crippen LogP contribution in [-0.2, 0) is 9.53 Å². The van der Waals surface area contributed by atoms with Crippen LogP contribution in [0.15, 0.2) is 24.3 Å². The largest absolute Gasteiger partial charge is 0.465 e. The van der Waals surface area contributed by atoms with E-state index in [0.29, 0.717) is 16.6 Å². The highest BCUT2D eigenvalue weighted by Gasteiger charge is 2.31. The fourth-order valence-electron chi connectivity index (χ4n) is 2.35. The molecular weight excluding hydrogens is 336 g/mol. The lowest BCUT2D eigenvalue weighted by molar-refractivity contribution is -0.141. The van der Waals surface area contributed by atoms with Crippen molar-refractivity contribution in [2.24, 2.45) is 11.3 Å². The molecule has 1 heterocycles. The van der Waals surface area contributed by atoms with Gasteiger partial charge in [0.15, 0.2) is 0 Å². The first-order valence-electron chi connectivity index (χ1n) is 8.38. The lowest BCUT2D eigenvalue weighted by Gasteiger charge is -2.36. The summed E-state index contributed by atoms with van der Waals surface area (Å²) in [5, 5.41) is 0. The third kappa shape index (κ3) is 5.79. The number of benzene rings is 1. The van der Waals surface area contributed by atoms with Gasteiger partial charge in [-0.1, -0.05) is 44.7 Å². The van der Waals surface area contributed by atoms with Crippen molar-refractivity contribution in [3.63, 3.8) is 0 Å². The molecule has 1 aliphatic rings. The summed E-state index contributed by atoms with van der Waals surface area (Å²) in [6.07, 6.45) is 0.151. The number of hydrogen-bond acceptors (Lipinski definition) is 4. The summed E-state index contributed by atoms with van der Waals surface area (Å²) in [4.78, 5) is 11.3. The number of ether oxygens (including phenoxy) is 1. The Kier molecular flexibility index (Phi) is 7.13. The van der Waals surface area contributed by atoms with Crippen LogP contribution >= 0.6 is 23.5 Å². The summed E-state index contributed by atoms with van der Waals surface area (Å²) in [6.45, 7) is 9.21. The SMILES string of the molecule is CCOC(=O)CC#Cc1ccc(C2SCC(C(C)(C)C)CS2)cc1. The Morgan fingerprint density at radius 2 is 1.83 bits per heavy atom. The molecule has 4 heteroatoms. The molecule has 1 aromatic rings. The van der Waals surface area contributed by atoms with Crippen LogP contribution in [0.1, 0.15) is 49.8 Å². The minimum Gasteiger partial charge on any atom is -0.465 e. The molecule has 2 nitrogen and oxygen atoms in total. The Balaban J connectivity index is 1.89. The van der Waals surface area contributed by atoms with Crippen molar-refractivity contribution in [3.05, 3.63) is 35.4 Å². The van der Waals surface area contributed by atoms with E-state index >= 15 is 0 Å². The van der Waals surface area contributed by atoms with Crippen molar-refractivity contribution >= 4 is 29.5 Å². The van der Waals surface area contributed by atoms with Crippen molar-refractivity contribution in [1.82, 2.24) is 0 Å². The van der Waals surface area contributed by atoms with Gasteiger partial charge in [-0.15, -0.1) is 23.5 Å². The molecule has 1 fully saturated rings. The average molecular weight is 363 g/mol. The van der Waals surface area contributed by atoms with Gasteiger partial charge in [0.25, 0.3) is 0 Å². The summed E-state index contributed by atoms with van der Waals surface area (Å²) in [5.74, 6) is 8.86. The first kappa shape index (κ1) is 19.3. The van der Waals surface area contributed by atoms with E-state index in [1.54, 1.807) is 6.92 Å². The fourth-order valence-corrected chi connectivity index (χ4v) is 6.10. The molecule has 130 valence electrons. The van der Waals surface area contributed by atoms with Crippen LogP contribution in [0.5, 0.6) is 0 Å². The molecular formula is C20H26O2S2. The summed E-state index contributed by atoms with van der Waals surface area (Å²) in [7, 11) is 0. The molecule has 0 aromatic heterocycles. The van der Waals surface area contributed by atoms with E-state index in [1.807, 2.05) is 12.1 Å². The summed E-state index contributed by atoms with van der Waals surface area (Å²) in [6, 6.07) is 8.42. The molecule has 0 unspecified atom stereocenters. The van der Waals surface area contributed by atoms with E-state index in [0.717, 1.165) is 11.5 Å². The zero-order chi connectivity index (χ0) is 17.6. The van der Waals surface area contributed by atoms with Gasteiger partial charge in [-0.05, 0) is 47.5 Å². The Morgan fingerprint density at radius 3 is 2.38 bits per heavy atom. The molecule has 1 saturated heterocycles. The Morgan fingerprint density at radius 1 is 1.21 bits per heavy atom. The van der Waals surface area contributed by atoms with Gasteiger partial charge >= 0.3 is 5.97 Å². The van der Waals surface area contributed by atoms with Gasteiger partial charge in [0.1, 0.15) is 6.42 Å². The standard InChI is InChI=1S/C20H26O2S2/c1-5-22-18(21)8-6-7-15-9-11-16(12-10-15)19-23-13-17(14-24-19)20(2,3)4/h9-12,17,19H,5,8,13-14H2,1-4H3. The molecule has 0 bridgehead atoms. The van der Waals surface area contributed by atoms with E-state index < -0.39 is 0 Å². The van der Waals surface area contributed by atoms with Crippen LogP contribution in [0.3, 0.4) is 0 Å². The summed E-state index contributed by atoms with van der Waals surface area (Å²) in [5.41, 5.74) is 2.69. The van der Waals surface area contributed by atoms with Crippen LogP contribution < -0.4 is 0 Å². The van der Waals surface area contributed by atoms with Crippen LogP contribution in [0.25, 0.3) is 0 Å². The summed E-state index contributed by atoms with van der Waals surface area (Å²) < 4.78 is 5.38. The third-order valence-corrected chi connectivity index (χ3v) is 7.23. The number of thioether (sulfide) groups is 2. The van der Waals surface area contributed by atoms with Crippen molar-refractivity contribution in [2.45, 2.75) is 38.7 Å². The molecule has 0 amide bonds. The maximum atomic E-state index is 11.3. The lowest BCUT2D eigenvalue weighted by Crippen LogP contribution is -2.27. The van der Waals surface area contributed by atoms with E-state index in [4.69, 9.17) is 4.74 Å². The topological polar surface area (TPSA) is 26.3 Å². The van der Waals surface area contributed by atoms with Gasteiger partial charge in [-0.2, -0.15) is 0 Å². The smallest absolute Gasteiger partial charge is 0.317 e. The number of carbonyl (C=O) groups is 1. The molecule has 1 aliphatic heterocycles. The van der Waals surface area contributed by atoms with Gasteiger partial charge < -0.3 is 4.74 Å². The van der Waals surface area contributed by atoms with Crippen molar-refractivity contribution in [1.29, 1.82) is 0 Å². The minimum absolute atomic E-state index is 0.151. The van der Waals surface area contributed by atoms with Gasteiger partial charge in [0.05, 0.1) is 11.2 Å². The lowest BCUT2D eigenvalue weighted by atomic mass is 9.83. The normalized spacial score (nSPS) is 20.8. The zero-order valence-electron chi connectivity index (χ0n) is 14.9. The molecule has 0 N–H and O–H groups in total. The second-order valence-electron chi connectivity index (χ2n) is 6.97. The fraction of sp³-hybridized carbons (Fsp3) is 0.550. The number of carbonyl (C=O) groups excluding carboxylic acids is 1. The maximum Gasteiger partial charge on any atom is 0.317 e. The number of esters is 1. The van der Waals surface area contributed by atoms with Gasteiger partial charge in [-0.25, -0.2) is 0 Å². The zero-order valence-corrected chi connectivity index (χ0v) is 16.6. The quantitative estimate of drug-likeness (QED) is 0.550. The Labute approximate surface area is 154 Å². The van der Waals surface area contributed by atoms with Gasteiger partial charge in [0, 0.05) is 5.56 Å². The molecule has 0 atom stereocenters. The highest BCUT2D eigenvalue weighted by atomic mass is 32.2. The second-order valence-corrected chi connectivity index (χ2v) is 9.54. The maximum absolute atomic E-state index is 11.3. The summed E-state index contributed by atoms with van der Waals surface area (Å²) >= 11 is 4.10. The predicted octanol–water partition coefficient (Wildman–Crippen LogP) is 5.13. The van der Waals surface area contributed by atoms with E-state index in [9.17, 15) is 4.79 Å². The number of rotatable bonds is 3. The number of hydrogen-bond donors (Lipinski definition) is 0. The molecule has 0 spiro atoms. The second kappa shape index (κ2) is 8.87. The Bertz CT molecular complexity index is 597. The van der Waals surface area contributed by atoms with Crippen LogP contribution in [0.4, 0.5) is 0 Å². The monoisotopic (exact) mass is 362 g/mol. The molecule has 0 saturated carbocycles. The molecule has 2 rings (SSSR count). The van der Waals surface area contributed by atoms with Crippen LogP contribution in [-0.4, -0.2) is 24.1 Å². The average Bonchev–Trinajstić information content (AvgIpc) is 2.55. The molecule has 0 radical (unpaired) electrons. The van der Waals surface area contributed by atoms with Gasteiger partial charge in [-0.3, -0.25) is 4.79 Å². The van der Waals surface area contributed by atoms with Crippen molar-refractivity contribution < 1.29 is 9.53 Å². The molecule has 1 aromatic carbocycles. The first-order chi connectivity index (χ1) is 11.4. The first-order valence-corrected chi connectivity index (χ1v) is 10.5. The predicted molar refractivity (Wildman–Crippen MR) is 105 cm³/mol. The Hall–Kier alpha value is -1.05. The molecule has 0 aliphatic carbocycles. The highest BCUT2D eigenvalue weighted by Crippen LogP contribution is 2.49. The minimum atomic E-state index is -0.259. The third-order valence-electron chi connectivity index (χ3n) is 4.08. The van der Waals surface area contributed by atoms with E-state index in [-0.39, 0.29) is 12.4 Å².